The minimum atomic E-state index is -0.639. The summed E-state index contributed by atoms with van der Waals surface area (Å²) in [7, 11) is 0. The Balaban J connectivity index is 1.81. The standard InChI is InChI=1S/C14H11BrF2N4/c1-8-2-14-19-6-9(7-21(14)20-8)5-18-13-3-10(15)11(16)4-12(13)17/h2-4,6-7,18H,5H2,1H3. The van der Waals surface area contributed by atoms with Crippen molar-refractivity contribution in [2.24, 2.45) is 0 Å². The van der Waals surface area contributed by atoms with Crippen LogP contribution in [0.3, 0.4) is 0 Å². The number of benzene rings is 1. The highest BCUT2D eigenvalue weighted by Crippen LogP contribution is 2.24. The van der Waals surface area contributed by atoms with E-state index in [0.29, 0.717) is 6.54 Å². The molecule has 1 N–H and O–H groups in total. The van der Waals surface area contributed by atoms with Gasteiger partial charge in [-0.2, -0.15) is 5.10 Å². The molecule has 0 atom stereocenters. The summed E-state index contributed by atoms with van der Waals surface area (Å²) in [6.45, 7) is 2.24. The largest absolute Gasteiger partial charge is 0.378 e. The summed E-state index contributed by atoms with van der Waals surface area (Å²) in [5.74, 6) is -1.27. The number of rotatable bonds is 3. The zero-order valence-corrected chi connectivity index (χ0v) is 12.7. The van der Waals surface area contributed by atoms with Gasteiger partial charge in [0.05, 0.1) is 15.9 Å². The average molecular weight is 353 g/mol. The van der Waals surface area contributed by atoms with E-state index in [1.165, 1.54) is 6.07 Å². The Morgan fingerprint density at radius 2 is 2.05 bits per heavy atom. The molecule has 0 fully saturated rings. The molecule has 1 aromatic carbocycles. The summed E-state index contributed by atoms with van der Waals surface area (Å²) in [5, 5.41) is 7.18. The fourth-order valence-corrected chi connectivity index (χ4v) is 2.32. The van der Waals surface area contributed by atoms with Crippen molar-refractivity contribution in [3.63, 3.8) is 0 Å². The Morgan fingerprint density at radius 3 is 2.86 bits per heavy atom. The van der Waals surface area contributed by atoms with Crippen LogP contribution in [0.5, 0.6) is 0 Å². The van der Waals surface area contributed by atoms with E-state index in [1.54, 1.807) is 10.7 Å². The van der Waals surface area contributed by atoms with E-state index in [0.717, 1.165) is 23.0 Å². The van der Waals surface area contributed by atoms with Crippen molar-refractivity contribution in [1.82, 2.24) is 14.6 Å². The van der Waals surface area contributed by atoms with E-state index in [2.05, 4.69) is 31.3 Å². The number of aryl methyl sites for hydroxylation is 1. The Labute approximate surface area is 127 Å². The van der Waals surface area contributed by atoms with Crippen LogP contribution in [0.2, 0.25) is 0 Å². The monoisotopic (exact) mass is 352 g/mol. The fourth-order valence-electron chi connectivity index (χ4n) is 1.98. The first-order chi connectivity index (χ1) is 10.0. The van der Waals surface area contributed by atoms with Crippen molar-refractivity contribution >= 4 is 27.3 Å². The summed E-state index contributed by atoms with van der Waals surface area (Å²) in [6, 6.07) is 4.08. The zero-order valence-electron chi connectivity index (χ0n) is 11.1. The van der Waals surface area contributed by atoms with Crippen molar-refractivity contribution in [2.75, 3.05) is 5.32 Å². The first-order valence-electron chi connectivity index (χ1n) is 6.22. The molecule has 0 aliphatic rings. The molecule has 0 radical (unpaired) electrons. The predicted octanol–water partition coefficient (Wildman–Crippen LogP) is 3.69. The van der Waals surface area contributed by atoms with Gasteiger partial charge >= 0.3 is 0 Å². The smallest absolute Gasteiger partial charge is 0.155 e. The number of nitrogens with one attached hydrogen (secondary N) is 1. The first kappa shape index (κ1) is 13.9. The molecule has 3 aromatic rings. The number of hydrogen-bond donors (Lipinski definition) is 1. The number of nitrogens with zero attached hydrogens (tertiary/aromatic N) is 3. The number of fused-ring (bicyclic) bond motifs is 1. The van der Waals surface area contributed by atoms with Gasteiger partial charge in [0.15, 0.2) is 5.65 Å². The molecule has 0 saturated heterocycles. The molecule has 0 bridgehead atoms. The molecular formula is C14H11BrF2N4. The number of anilines is 1. The van der Waals surface area contributed by atoms with Gasteiger partial charge in [0.1, 0.15) is 11.6 Å². The SMILES string of the molecule is Cc1cc2ncc(CNc3cc(Br)c(F)cc3F)cn2n1. The normalized spacial score (nSPS) is 11.0. The summed E-state index contributed by atoms with van der Waals surface area (Å²) in [4.78, 5) is 4.27. The van der Waals surface area contributed by atoms with Gasteiger partial charge in [-0.25, -0.2) is 18.3 Å². The van der Waals surface area contributed by atoms with Crippen molar-refractivity contribution < 1.29 is 8.78 Å². The fraction of sp³-hybridized carbons (Fsp3) is 0.143. The van der Waals surface area contributed by atoms with E-state index < -0.39 is 11.6 Å². The third-order valence-electron chi connectivity index (χ3n) is 2.98. The third kappa shape index (κ3) is 2.87. The van der Waals surface area contributed by atoms with Crippen LogP contribution in [0.25, 0.3) is 5.65 Å². The highest BCUT2D eigenvalue weighted by molar-refractivity contribution is 9.10. The summed E-state index contributed by atoms with van der Waals surface area (Å²) < 4.78 is 28.7. The van der Waals surface area contributed by atoms with Crippen molar-refractivity contribution in [3.05, 3.63) is 58.0 Å². The molecule has 0 spiro atoms. The van der Waals surface area contributed by atoms with Crippen LogP contribution in [-0.2, 0) is 6.54 Å². The average Bonchev–Trinajstić information content (AvgIpc) is 2.80. The minimum Gasteiger partial charge on any atom is -0.378 e. The summed E-state index contributed by atoms with van der Waals surface area (Å²) >= 11 is 3.03. The molecule has 2 aromatic heterocycles. The third-order valence-corrected chi connectivity index (χ3v) is 3.59. The number of halogens is 3. The van der Waals surface area contributed by atoms with Crippen LogP contribution in [0.4, 0.5) is 14.5 Å². The van der Waals surface area contributed by atoms with Gasteiger partial charge in [0.2, 0.25) is 0 Å². The van der Waals surface area contributed by atoms with Crippen LogP contribution in [-0.4, -0.2) is 14.6 Å². The van der Waals surface area contributed by atoms with Gasteiger partial charge in [-0.3, -0.25) is 0 Å². The van der Waals surface area contributed by atoms with Gasteiger partial charge in [0, 0.05) is 36.6 Å². The maximum atomic E-state index is 13.6. The summed E-state index contributed by atoms with van der Waals surface area (Å²) in [5.41, 5.74) is 2.69. The zero-order chi connectivity index (χ0) is 15.0. The van der Waals surface area contributed by atoms with Crippen LogP contribution >= 0.6 is 15.9 Å². The number of hydrogen-bond acceptors (Lipinski definition) is 3. The van der Waals surface area contributed by atoms with Crippen LogP contribution < -0.4 is 5.32 Å². The molecule has 0 unspecified atom stereocenters. The van der Waals surface area contributed by atoms with E-state index in [-0.39, 0.29) is 10.2 Å². The maximum Gasteiger partial charge on any atom is 0.155 e. The Hall–Kier alpha value is -2.02. The van der Waals surface area contributed by atoms with Gasteiger partial charge in [-0.15, -0.1) is 0 Å². The second-order valence-corrected chi connectivity index (χ2v) is 5.50. The second kappa shape index (κ2) is 5.40. The lowest BCUT2D eigenvalue weighted by Gasteiger charge is -2.08. The molecule has 4 nitrogen and oxygen atoms in total. The molecule has 0 amide bonds. The molecule has 0 aliphatic carbocycles. The molecule has 0 aliphatic heterocycles. The van der Waals surface area contributed by atoms with E-state index in [1.807, 2.05) is 19.2 Å². The molecule has 2 heterocycles. The highest BCUT2D eigenvalue weighted by Gasteiger charge is 2.08. The Kier molecular flexibility index (Phi) is 3.59. The van der Waals surface area contributed by atoms with Crippen LogP contribution in [0, 0.1) is 18.6 Å². The maximum absolute atomic E-state index is 13.6. The Morgan fingerprint density at radius 1 is 1.24 bits per heavy atom. The second-order valence-electron chi connectivity index (χ2n) is 4.65. The lowest BCUT2D eigenvalue weighted by Crippen LogP contribution is -2.04. The lowest BCUT2D eigenvalue weighted by molar-refractivity contribution is 0.580. The molecule has 7 heteroatoms. The minimum absolute atomic E-state index is 0.211. The van der Waals surface area contributed by atoms with Crippen molar-refractivity contribution in [1.29, 1.82) is 0 Å². The lowest BCUT2D eigenvalue weighted by atomic mass is 10.2. The van der Waals surface area contributed by atoms with Crippen LogP contribution in [0.1, 0.15) is 11.3 Å². The highest BCUT2D eigenvalue weighted by atomic mass is 79.9. The predicted molar refractivity (Wildman–Crippen MR) is 79.1 cm³/mol. The van der Waals surface area contributed by atoms with Gasteiger partial charge < -0.3 is 5.32 Å². The van der Waals surface area contributed by atoms with Gasteiger partial charge in [-0.1, -0.05) is 0 Å². The first-order valence-corrected chi connectivity index (χ1v) is 7.01. The Bertz CT molecular complexity index is 816. The van der Waals surface area contributed by atoms with Gasteiger partial charge in [0.25, 0.3) is 0 Å². The number of aromatic nitrogens is 3. The molecule has 3 rings (SSSR count). The molecule has 21 heavy (non-hydrogen) atoms. The van der Waals surface area contributed by atoms with Crippen molar-refractivity contribution in [2.45, 2.75) is 13.5 Å². The topological polar surface area (TPSA) is 42.2 Å². The van der Waals surface area contributed by atoms with Crippen LogP contribution in [0.15, 0.2) is 35.1 Å². The quantitative estimate of drug-likeness (QED) is 0.731. The van der Waals surface area contributed by atoms with Crippen molar-refractivity contribution in [3.8, 4) is 0 Å². The van der Waals surface area contributed by atoms with E-state index in [4.69, 9.17) is 0 Å². The molecular weight excluding hydrogens is 342 g/mol. The van der Waals surface area contributed by atoms with E-state index in [9.17, 15) is 8.78 Å². The van der Waals surface area contributed by atoms with E-state index >= 15 is 0 Å². The molecule has 108 valence electrons. The molecule has 0 saturated carbocycles. The van der Waals surface area contributed by atoms with Gasteiger partial charge in [-0.05, 0) is 28.9 Å². The summed E-state index contributed by atoms with van der Waals surface area (Å²) in [6.07, 6.45) is 3.51.